The van der Waals surface area contributed by atoms with Crippen molar-refractivity contribution in [3.8, 4) is 0 Å². The fourth-order valence-corrected chi connectivity index (χ4v) is 2.09. The van der Waals surface area contributed by atoms with Gasteiger partial charge >= 0.3 is 12.0 Å². The molecule has 1 aliphatic heterocycles. The Hall–Kier alpha value is -2.11. The summed E-state index contributed by atoms with van der Waals surface area (Å²) in [6.45, 7) is 0.889. The van der Waals surface area contributed by atoms with Crippen molar-refractivity contribution < 1.29 is 19.1 Å². The Labute approximate surface area is 110 Å². The van der Waals surface area contributed by atoms with Gasteiger partial charge in [-0.3, -0.25) is 4.79 Å². The number of benzene rings is 1. The SMILES string of the molecule is O=C(O)CCCN1CC(c2ccc(F)cc2)NC1=O. The quantitative estimate of drug-likeness (QED) is 0.853. The van der Waals surface area contributed by atoms with E-state index in [4.69, 9.17) is 5.11 Å². The van der Waals surface area contributed by atoms with Gasteiger partial charge in [-0.1, -0.05) is 12.1 Å². The zero-order valence-corrected chi connectivity index (χ0v) is 10.3. The number of carbonyl (C=O) groups is 2. The third-order valence-electron chi connectivity index (χ3n) is 3.08. The molecule has 19 heavy (non-hydrogen) atoms. The minimum absolute atomic E-state index is 0.0466. The van der Waals surface area contributed by atoms with Gasteiger partial charge in [-0.05, 0) is 24.1 Å². The molecule has 1 saturated heterocycles. The van der Waals surface area contributed by atoms with Crippen molar-refractivity contribution in [3.63, 3.8) is 0 Å². The fourth-order valence-electron chi connectivity index (χ4n) is 2.09. The highest BCUT2D eigenvalue weighted by atomic mass is 19.1. The summed E-state index contributed by atoms with van der Waals surface area (Å²) >= 11 is 0. The molecule has 1 unspecified atom stereocenters. The summed E-state index contributed by atoms with van der Waals surface area (Å²) in [5.74, 6) is -1.18. The molecule has 0 radical (unpaired) electrons. The van der Waals surface area contributed by atoms with Gasteiger partial charge in [-0.2, -0.15) is 0 Å². The lowest BCUT2D eigenvalue weighted by atomic mass is 10.1. The van der Waals surface area contributed by atoms with Crippen LogP contribution in [0.25, 0.3) is 0 Å². The van der Waals surface area contributed by atoms with Gasteiger partial charge in [0.15, 0.2) is 0 Å². The number of halogens is 1. The molecule has 102 valence electrons. The Morgan fingerprint density at radius 1 is 1.42 bits per heavy atom. The lowest BCUT2D eigenvalue weighted by Crippen LogP contribution is -2.29. The van der Waals surface area contributed by atoms with Crippen molar-refractivity contribution in [2.45, 2.75) is 18.9 Å². The average molecular weight is 266 g/mol. The number of carbonyl (C=O) groups excluding carboxylic acids is 1. The molecule has 0 aliphatic carbocycles. The molecular weight excluding hydrogens is 251 g/mol. The van der Waals surface area contributed by atoms with Crippen molar-refractivity contribution in [2.75, 3.05) is 13.1 Å². The molecule has 2 N–H and O–H groups in total. The lowest BCUT2D eigenvalue weighted by Gasteiger charge is -2.13. The molecule has 0 saturated carbocycles. The molecule has 2 rings (SSSR count). The van der Waals surface area contributed by atoms with E-state index in [-0.39, 0.29) is 24.3 Å². The van der Waals surface area contributed by atoms with Crippen molar-refractivity contribution in [2.24, 2.45) is 0 Å². The van der Waals surface area contributed by atoms with Crippen molar-refractivity contribution in [1.82, 2.24) is 10.2 Å². The van der Waals surface area contributed by atoms with Crippen molar-refractivity contribution in [1.29, 1.82) is 0 Å². The minimum atomic E-state index is -0.866. The Morgan fingerprint density at radius 3 is 2.74 bits per heavy atom. The van der Waals surface area contributed by atoms with E-state index in [2.05, 4.69) is 5.32 Å². The van der Waals surface area contributed by atoms with Gasteiger partial charge in [0.1, 0.15) is 5.82 Å². The van der Waals surface area contributed by atoms with Crippen molar-refractivity contribution in [3.05, 3.63) is 35.6 Å². The first-order valence-electron chi connectivity index (χ1n) is 6.09. The largest absolute Gasteiger partial charge is 0.481 e. The predicted octanol–water partition coefficient (Wildman–Crippen LogP) is 1.76. The zero-order valence-electron chi connectivity index (χ0n) is 10.3. The van der Waals surface area contributed by atoms with Crippen LogP contribution < -0.4 is 5.32 Å². The van der Waals surface area contributed by atoms with Crippen molar-refractivity contribution >= 4 is 12.0 Å². The van der Waals surface area contributed by atoms with E-state index in [1.165, 1.54) is 12.1 Å². The number of aliphatic carboxylic acids is 1. The molecule has 1 aromatic rings. The van der Waals surface area contributed by atoms with E-state index in [0.717, 1.165) is 5.56 Å². The van der Waals surface area contributed by atoms with E-state index in [0.29, 0.717) is 19.5 Å². The fraction of sp³-hybridized carbons (Fsp3) is 0.385. The molecule has 1 aliphatic rings. The van der Waals surface area contributed by atoms with Gasteiger partial charge in [0.25, 0.3) is 0 Å². The van der Waals surface area contributed by atoms with Gasteiger partial charge in [0.05, 0.1) is 6.04 Å². The lowest BCUT2D eigenvalue weighted by molar-refractivity contribution is -0.137. The van der Waals surface area contributed by atoms with Crippen LogP contribution in [-0.4, -0.2) is 35.1 Å². The highest BCUT2D eigenvalue weighted by Gasteiger charge is 2.29. The van der Waals surface area contributed by atoms with E-state index in [1.54, 1.807) is 17.0 Å². The molecule has 6 heteroatoms. The van der Waals surface area contributed by atoms with Gasteiger partial charge < -0.3 is 15.3 Å². The summed E-state index contributed by atoms with van der Waals surface area (Å²) in [4.78, 5) is 23.7. The van der Waals surface area contributed by atoms with Crippen LogP contribution in [0.3, 0.4) is 0 Å². The Bertz CT molecular complexity index is 475. The molecular formula is C13H15FN2O3. The highest BCUT2D eigenvalue weighted by Crippen LogP contribution is 2.20. The summed E-state index contributed by atoms with van der Waals surface area (Å²) in [6, 6.07) is 5.61. The second-order valence-electron chi connectivity index (χ2n) is 4.50. The van der Waals surface area contributed by atoms with E-state index in [1.807, 2.05) is 0 Å². The zero-order chi connectivity index (χ0) is 13.8. The Balaban J connectivity index is 1.91. The molecule has 0 bridgehead atoms. The number of urea groups is 1. The minimum Gasteiger partial charge on any atom is -0.481 e. The first-order valence-corrected chi connectivity index (χ1v) is 6.09. The third kappa shape index (κ3) is 3.43. The number of hydrogen-bond donors (Lipinski definition) is 2. The second kappa shape index (κ2) is 5.69. The molecule has 2 amide bonds. The number of nitrogens with zero attached hydrogens (tertiary/aromatic N) is 1. The molecule has 1 heterocycles. The summed E-state index contributed by atoms with van der Waals surface area (Å²) in [5, 5.41) is 11.3. The van der Waals surface area contributed by atoms with E-state index >= 15 is 0 Å². The maximum Gasteiger partial charge on any atom is 0.318 e. The van der Waals surface area contributed by atoms with Gasteiger partial charge in [0.2, 0.25) is 0 Å². The molecule has 1 fully saturated rings. The number of hydrogen-bond acceptors (Lipinski definition) is 2. The van der Waals surface area contributed by atoms with Crippen LogP contribution in [0.4, 0.5) is 9.18 Å². The molecule has 0 spiro atoms. The summed E-state index contributed by atoms with van der Waals surface area (Å²) in [7, 11) is 0. The van der Waals surface area contributed by atoms with Crippen LogP contribution in [0.2, 0.25) is 0 Å². The van der Waals surface area contributed by atoms with E-state index in [9.17, 15) is 14.0 Å². The number of carboxylic acid groups (broad SMARTS) is 1. The first kappa shape index (κ1) is 13.3. The predicted molar refractivity (Wildman–Crippen MR) is 66.1 cm³/mol. The van der Waals surface area contributed by atoms with Gasteiger partial charge in [-0.15, -0.1) is 0 Å². The summed E-state index contributed by atoms with van der Waals surface area (Å²) < 4.78 is 12.8. The highest BCUT2D eigenvalue weighted by molar-refractivity contribution is 5.77. The van der Waals surface area contributed by atoms with Crippen LogP contribution >= 0.6 is 0 Å². The molecule has 1 aromatic carbocycles. The summed E-state index contributed by atoms with van der Waals surface area (Å²) in [6.07, 6.45) is 0.476. The molecule has 0 aromatic heterocycles. The Morgan fingerprint density at radius 2 is 2.11 bits per heavy atom. The number of carboxylic acids is 1. The topological polar surface area (TPSA) is 69.6 Å². The smallest absolute Gasteiger partial charge is 0.318 e. The second-order valence-corrected chi connectivity index (χ2v) is 4.50. The maximum atomic E-state index is 12.8. The third-order valence-corrected chi connectivity index (χ3v) is 3.08. The van der Waals surface area contributed by atoms with Crippen LogP contribution in [-0.2, 0) is 4.79 Å². The monoisotopic (exact) mass is 266 g/mol. The number of rotatable bonds is 5. The number of amides is 2. The first-order chi connectivity index (χ1) is 9.06. The van der Waals surface area contributed by atoms with Gasteiger partial charge in [0, 0.05) is 19.5 Å². The molecule has 1 atom stereocenters. The normalized spacial score (nSPS) is 18.5. The standard InChI is InChI=1S/C13H15FN2O3/c14-10-5-3-9(4-6-10)11-8-16(13(19)15-11)7-1-2-12(17)18/h3-6,11H,1-2,7-8H2,(H,15,19)(H,17,18). The van der Waals surface area contributed by atoms with Gasteiger partial charge in [-0.25, -0.2) is 9.18 Å². The maximum absolute atomic E-state index is 12.8. The Kier molecular flexibility index (Phi) is 3.99. The van der Waals surface area contributed by atoms with Crippen LogP contribution in [0.1, 0.15) is 24.4 Å². The average Bonchev–Trinajstić information content (AvgIpc) is 2.71. The van der Waals surface area contributed by atoms with Crippen LogP contribution in [0.15, 0.2) is 24.3 Å². The van der Waals surface area contributed by atoms with E-state index < -0.39 is 5.97 Å². The summed E-state index contributed by atoms with van der Waals surface area (Å²) in [5.41, 5.74) is 0.843. The number of nitrogens with one attached hydrogen (secondary N) is 1. The van der Waals surface area contributed by atoms with Crippen LogP contribution in [0, 0.1) is 5.82 Å². The van der Waals surface area contributed by atoms with Crippen LogP contribution in [0.5, 0.6) is 0 Å². The molecule has 5 nitrogen and oxygen atoms in total.